The van der Waals surface area contributed by atoms with Crippen LogP contribution in [0.5, 0.6) is 0 Å². The SMILES string of the molecule is CN(C)S(=O)(=O)c1ccccc1CNC(=O)c1cnsn1. The molecule has 0 atom stereocenters. The van der Waals surface area contributed by atoms with Gasteiger partial charge in [-0.3, -0.25) is 4.79 Å². The second-order valence-electron chi connectivity index (χ2n) is 4.37. The zero-order chi connectivity index (χ0) is 15.5. The monoisotopic (exact) mass is 326 g/mol. The minimum Gasteiger partial charge on any atom is -0.346 e. The zero-order valence-electron chi connectivity index (χ0n) is 11.5. The van der Waals surface area contributed by atoms with E-state index in [0.29, 0.717) is 5.56 Å². The Balaban J connectivity index is 2.20. The highest BCUT2D eigenvalue weighted by molar-refractivity contribution is 7.89. The molecule has 1 aromatic heterocycles. The maximum atomic E-state index is 12.2. The van der Waals surface area contributed by atoms with E-state index in [1.165, 1.54) is 26.4 Å². The minimum absolute atomic E-state index is 0.0968. The third-order valence-corrected chi connectivity index (χ3v) is 5.16. The molecule has 0 aliphatic heterocycles. The van der Waals surface area contributed by atoms with E-state index >= 15 is 0 Å². The van der Waals surface area contributed by atoms with Gasteiger partial charge in [0, 0.05) is 20.6 Å². The van der Waals surface area contributed by atoms with Crippen molar-refractivity contribution in [2.24, 2.45) is 0 Å². The summed E-state index contributed by atoms with van der Waals surface area (Å²) in [6.45, 7) is 0.0968. The van der Waals surface area contributed by atoms with Crippen LogP contribution in [0.3, 0.4) is 0 Å². The van der Waals surface area contributed by atoms with Crippen molar-refractivity contribution in [1.82, 2.24) is 18.4 Å². The fourth-order valence-corrected chi connectivity index (χ4v) is 3.16. The number of hydrogen-bond donors (Lipinski definition) is 1. The maximum absolute atomic E-state index is 12.2. The van der Waals surface area contributed by atoms with Crippen LogP contribution in [0.4, 0.5) is 0 Å². The predicted octanol–water partition coefficient (Wildman–Crippen LogP) is 0.718. The Labute approximate surface area is 127 Å². The summed E-state index contributed by atoms with van der Waals surface area (Å²) in [6.07, 6.45) is 1.36. The summed E-state index contributed by atoms with van der Waals surface area (Å²) < 4.78 is 33.1. The van der Waals surface area contributed by atoms with Gasteiger partial charge in [-0.15, -0.1) is 0 Å². The Morgan fingerprint density at radius 1 is 1.33 bits per heavy atom. The van der Waals surface area contributed by atoms with Gasteiger partial charge in [-0.05, 0) is 11.6 Å². The number of rotatable bonds is 5. The molecule has 1 aromatic carbocycles. The van der Waals surface area contributed by atoms with Crippen LogP contribution in [-0.4, -0.2) is 41.5 Å². The van der Waals surface area contributed by atoms with Crippen LogP contribution in [0.25, 0.3) is 0 Å². The van der Waals surface area contributed by atoms with Gasteiger partial charge >= 0.3 is 0 Å². The van der Waals surface area contributed by atoms with Gasteiger partial charge in [0.15, 0.2) is 5.69 Å². The molecule has 0 saturated heterocycles. The van der Waals surface area contributed by atoms with Gasteiger partial charge < -0.3 is 5.32 Å². The first kappa shape index (κ1) is 15.5. The molecule has 1 amide bonds. The molecule has 1 heterocycles. The third kappa shape index (κ3) is 3.43. The molecule has 112 valence electrons. The quantitative estimate of drug-likeness (QED) is 0.874. The molecule has 0 aliphatic rings. The first-order valence-electron chi connectivity index (χ1n) is 5.99. The molecule has 0 bridgehead atoms. The van der Waals surface area contributed by atoms with Crippen molar-refractivity contribution < 1.29 is 13.2 Å². The summed E-state index contributed by atoms with van der Waals surface area (Å²) in [5.74, 6) is -0.388. The molecule has 0 unspecified atom stereocenters. The Bertz CT molecular complexity index is 727. The standard InChI is InChI=1S/C12H14N4O3S2/c1-16(2)21(18,19)11-6-4-3-5-9(11)7-13-12(17)10-8-14-20-15-10/h3-6,8H,7H2,1-2H3,(H,13,17). The van der Waals surface area contributed by atoms with Crippen LogP contribution >= 0.6 is 11.7 Å². The van der Waals surface area contributed by atoms with E-state index in [4.69, 9.17) is 0 Å². The number of nitrogens with one attached hydrogen (secondary N) is 1. The predicted molar refractivity (Wildman–Crippen MR) is 78.4 cm³/mol. The van der Waals surface area contributed by atoms with E-state index in [-0.39, 0.29) is 23.0 Å². The lowest BCUT2D eigenvalue weighted by Gasteiger charge is -2.15. The molecule has 0 radical (unpaired) electrons. The molecule has 2 rings (SSSR count). The number of carbonyl (C=O) groups is 1. The van der Waals surface area contributed by atoms with Gasteiger partial charge in [0.1, 0.15) is 0 Å². The molecular formula is C12H14N4O3S2. The number of amides is 1. The average Bonchev–Trinajstić information content (AvgIpc) is 2.99. The summed E-state index contributed by atoms with van der Waals surface area (Å²) in [4.78, 5) is 12.0. The largest absolute Gasteiger partial charge is 0.346 e. The van der Waals surface area contributed by atoms with E-state index < -0.39 is 10.0 Å². The van der Waals surface area contributed by atoms with Crippen LogP contribution in [0.2, 0.25) is 0 Å². The van der Waals surface area contributed by atoms with Crippen LogP contribution in [0, 0.1) is 0 Å². The lowest BCUT2D eigenvalue weighted by molar-refractivity contribution is 0.0946. The third-order valence-electron chi connectivity index (χ3n) is 2.76. The molecule has 7 nitrogen and oxygen atoms in total. The molecule has 21 heavy (non-hydrogen) atoms. The number of carbonyl (C=O) groups excluding carboxylic acids is 1. The summed E-state index contributed by atoms with van der Waals surface area (Å²) in [5, 5.41) is 2.64. The second kappa shape index (κ2) is 6.29. The molecule has 9 heteroatoms. The molecule has 0 saturated carbocycles. The van der Waals surface area contributed by atoms with Gasteiger partial charge in [-0.2, -0.15) is 8.75 Å². The van der Waals surface area contributed by atoms with Crippen LogP contribution < -0.4 is 5.32 Å². The highest BCUT2D eigenvalue weighted by Crippen LogP contribution is 2.18. The number of aromatic nitrogens is 2. The molecule has 0 fully saturated rings. The first-order chi connectivity index (χ1) is 9.93. The molecule has 1 N–H and O–H groups in total. The average molecular weight is 326 g/mol. The van der Waals surface area contributed by atoms with Crippen molar-refractivity contribution in [3.05, 3.63) is 41.7 Å². The molecule has 2 aromatic rings. The second-order valence-corrected chi connectivity index (χ2v) is 7.05. The van der Waals surface area contributed by atoms with Crippen molar-refractivity contribution >= 4 is 27.7 Å². The number of nitrogens with zero attached hydrogens (tertiary/aromatic N) is 3. The summed E-state index contributed by atoms with van der Waals surface area (Å²) in [5.41, 5.74) is 0.732. The number of benzene rings is 1. The summed E-state index contributed by atoms with van der Waals surface area (Å²) >= 11 is 0.938. The first-order valence-corrected chi connectivity index (χ1v) is 8.16. The molecular weight excluding hydrogens is 312 g/mol. The van der Waals surface area contributed by atoms with Gasteiger partial charge in [-0.1, -0.05) is 18.2 Å². The summed E-state index contributed by atoms with van der Waals surface area (Å²) in [7, 11) is -0.625. The summed E-state index contributed by atoms with van der Waals surface area (Å²) in [6, 6.07) is 6.55. The van der Waals surface area contributed by atoms with E-state index in [2.05, 4.69) is 14.1 Å². The van der Waals surface area contributed by atoms with Gasteiger partial charge in [0.25, 0.3) is 5.91 Å². The topological polar surface area (TPSA) is 92.3 Å². The van der Waals surface area contributed by atoms with Crippen molar-refractivity contribution in [1.29, 1.82) is 0 Å². The van der Waals surface area contributed by atoms with Gasteiger partial charge in [-0.25, -0.2) is 12.7 Å². The van der Waals surface area contributed by atoms with Crippen molar-refractivity contribution in [2.75, 3.05) is 14.1 Å². The fraction of sp³-hybridized carbons (Fsp3) is 0.250. The molecule has 0 aliphatic carbocycles. The fourth-order valence-electron chi connectivity index (χ4n) is 1.63. The Kier molecular flexibility index (Phi) is 4.66. The highest BCUT2D eigenvalue weighted by Gasteiger charge is 2.21. The van der Waals surface area contributed by atoms with E-state index in [1.807, 2.05) is 0 Å². The van der Waals surface area contributed by atoms with Gasteiger partial charge in [0.2, 0.25) is 10.0 Å². The smallest absolute Gasteiger partial charge is 0.272 e. The zero-order valence-corrected chi connectivity index (χ0v) is 13.1. The van der Waals surface area contributed by atoms with E-state index in [9.17, 15) is 13.2 Å². The minimum atomic E-state index is -3.55. The Hall–Kier alpha value is -1.84. The lowest BCUT2D eigenvalue weighted by Crippen LogP contribution is -2.27. The number of hydrogen-bond acceptors (Lipinski definition) is 6. The maximum Gasteiger partial charge on any atom is 0.272 e. The van der Waals surface area contributed by atoms with Crippen LogP contribution in [0.1, 0.15) is 16.1 Å². The number of sulfonamides is 1. The Morgan fingerprint density at radius 3 is 2.67 bits per heavy atom. The van der Waals surface area contributed by atoms with E-state index in [1.54, 1.807) is 18.2 Å². The van der Waals surface area contributed by atoms with Crippen molar-refractivity contribution in [3.63, 3.8) is 0 Å². The normalized spacial score (nSPS) is 11.6. The van der Waals surface area contributed by atoms with Crippen LogP contribution in [-0.2, 0) is 16.6 Å². The van der Waals surface area contributed by atoms with Crippen LogP contribution in [0.15, 0.2) is 35.4 Å². The van der Waals surface area contributed by atoms with Crippen molar-refractivity contribution in [2.45, 2.75) is 11.4 Å². The molecule has 0 spiro atoms. The van der Waals surface area contributed by atoms with E-state index in [0.717, 1.165) is 16.0 Å². The van der Waals surface area contributed by atoms with Gasteiger partial charge in [0.05, 0.1) is 22.8 Å². The lowest BCUT2D eigenvalue weighted by atomic mass is 10.2. The van der Waals surface area contributed by atoms with Crippen molar-refractivity contribution in [3.8, 4) is 0 Å². The Morgan fingerprint density at radius 2 is 2.05 bits per heavy atom. The highest BCUT2D eigenvalue weighted by atomic mass is 32.2.